The number of rotatable bonds is 3. The van der Waals surface area contributed by atoms with Gasteiger partial charge in [0.15, 0.2) is 0 Å². The highest BCUT2D eigenvalue weighted by Gasteiger charge is 2.05. The maximum absolute atomic E-state index is 12.0. The van der Waals surface area contributed by atoms with Crippen molar-refractivity contribution >= 4 is 28.1 Å². The molecule has 0 aliphatic heterocycles. The van der Waals surface area contributed by atoms with E-state index >= 15 is 0 Å². The van der Waals surface area contributed by atoms with Gasteiger partial charge in [-0.15, -0.1) is 0 Å². The monoisotopic (exact) mass is 277 g/mol. The standard InChI is InChI=1S/C17H15N3O/c18-14-6-8-15(19-11-14)10-17(21)20-16-7-5-12-3-1-2-4-13(12)9-16/h1-9,11H,10,18H2,(H,20,21). The lowest BCUT2D eigenvalue weighted by molar-refractivity contribution is -0.115. The lowest BCUT2D eigenvalue weighted by Gasteiger charge is -2.06. The van der Waals surface area contributed by atoms with E-state index in [4.69, 9.17) is 5.73 Å². The van der Waals surface area contributed by atoms with E-state index in [1.807, 2.05) is 42.5 Å². The fraction of sp³-hybridized carbons (Fsp3) is 0.0588. The first-order chi connectivity index (χ1) is 10.2. The average molecular weight is 277 g/mol. The highest BCUT2D eigenvalue weighted by molar-refractivity contribution is 5.95. The first-order valence-electron chi connectivity index (χ1n) is 6.70. The molecule has 0 aliphatic carbocycles. The molecule has 0 bridgehead atoms. The van der Waals surface area contributed by atoms with Crippen molar-refractivity contribution in [2.45, 2.75) is 6.42 Å². The van der Waals surface area contributed by atoms with Gasteiger partial charge in [-0.3, -0.25) is 9.78 Å². The highest BCUT2D eigenvalue weighted by Crippen LogP contribution is 2.19. The predicted molar refractivity (Wildman–Crippen MR) is 84.9 cm³/mol. The van der Waals surface area contributed by atoms with Crippen LogP contribution in [0.15, 0.2) is 60.8 Å². The molecule has 0 radical (unpaired) electrons. The number of hydrogen-bond acceptors (Lipinski definition) is 3. The summed E-state index contributed by atoms with van der Waals surface area (Å²) in [4.78, 5) is 16.1. The zero-order valence-electron chi connectivity index (χ0n) is 11.4. The predicted octanol–water partition coefficient (Wildman–Crippen LogP) is 3.00. The van der Waals surface area contributed by atoms with Crippen LogP contribution >= 0.6 is 0 Å². The molecule has 0 unspecified atom stereocenters. The SMILES string of the molecule is Nc1ccc(CC(=O)Nc2ccc3ccccc3c2)nc1. The summed E-state index contributed by atoms with van der Waals surface area (Å²) in [5.41, 5.74) is 7.65. The Balaban J connectivity index is 1.72. The van der Waals surface area contributed by atoms with Gasteiger partial charge in [0, 0.05) is 11.4 Å². The normalized spacial score (nSPS) is 10.5. The van der Waals surface area contributed by atoms with Crippen LogP contribution in [-0.4, -0.2) is 10.9 Å². The zero-order valence-corrected chi connectivity index (χ0v) is 11.4. The van der Waals surface area contributed by atoms with E-state index < -0.39 is 0 Å². The van der Waals surface area contributed by atoms with Gasteiger partial charge in [0.25, 0.3) is 0 Å². The van der Waals surface area contributed by atoms with E-state index in [-0.39, 0.29) is 12.3 Å². The van der Waals surface area contributed by atoms with Crippen LogP contribution in [0.2, 0.25) is 0 Å². The Labute approximate surface area is 122 Å². The van der Waals surface area contributed by atoms with E-state index in [9.17, 15) is 4.79 Å². The number of anilines is 2. The summed E-state index contributed by atoms with van der Waals surface area (Å²) in [6.07, 6.45) is 1.78. The molecule has 1 heterocycles. The van der Waals surface area contributed by atoms with Gasteiger partial charge in [0.1, 0.15) is 0 Å². The second-order valence-corrected chi connectivity index (χ2v) is 4.87. The Kier molecular flexibility index (Phi) is 3.51. The number of aromatic nitrogens is 1. The zero-order chi connectivity index (χ0) is 14.7. The summed E-state index contributed by atoms with van der Waals surface area (Å²) in [5.74, 6) is -0.0949. The summed E-state index contributed by atoms with van der Waals surface area (Å²) in [6, 6.07) is 17.4. The van der Waals surface area contributed by atoms with E-state index in [0.29, 0.717) is 11.4 Å². The number of benzene rings is 2. The van der Waals surface area contributed by atoms with Crippen molar-refractivity contribution < 1.29 is 4.79 Å². The van der Waals surface area contributed by atoms with Crippen molar-refractivity contribution in [3.8, 4) is 0 Å². The summed E-state index contributed by atoms with van der Waals surface area (Å²) >= 11 is 0. The Hall–Kier alpha value is -2.88. The Morgan fingerprint density at radius 2 is 1.86 bits per heavy atom. The van der Waals surface area contributed by atoms with Crippen molar-refractivity contribution in [2.75, 3.05) is 11.1 Å². The van der Waals surface area contributed by atoms with Crippen LogP contribution in [0.1, 0.15) is 5.69 Å². The Morgan fingerprint density at radius 3 is 2.62 bits per heavy atom. The molecule has 0 fully saturated rings. The van der Waals surface area contributed by atoms with E-state index in [2.05, 4.69) is 10.3 Å². The van der Waals surface area contributed by atoms with Crippen LogP contribution in [-0.2, 0) is 11.2 Å². The third kappa shape index (κ3) is 3.17. The van der Waals surface area contributed by atoms with Crippen LogP contribution in [0.25, 0.3) is 10.8 Å². The third-order valence-corrected chi connectivity index (χ3v) is 3.22. The van der Waals surface area contributed by atoms with Gasteiger partial charge in [-0.2, -0.15) is 0 Å². The number of nitrogen functional groups attached to an aromatic ring is 1. The van der Waals surface area contributed by atoms with Crippen LogP contribution < -0.4 is 11.1 Å². The summed E-state index contributed by atoms with van der Waals surface area (Å²) in [5, 5.41) is 5.13. The average Bonchev–Trinajstić information content (AvgIpc) is 2.49. The van der Waals surface area contributed by atoms with Crippen molar-refractivity contribution in [1.29, 1.82) is 0 Å². The molecule has 104 valence electrons. The number of fused-ring (bicyclic) bond motifs is 1. The fourth-order valence-corrected chi connectivity index (χ4v) is 2.18. The molecule has 1 amide bonds. The molecular weight excluding hydrogens is 262 g/mol. The maximum Gasteiger partial charge on any atom is 0.230 e. The largest absolute Gasteiger partial charge is 0.397 e. The van der Waals surface area contributed by atoms with Gasteiger partial charge in [-0.1, -0.05) is 30.3 Å². The molecule has 3 N–H and O–H groups in total. The first kappa shape index (κ1) is 13.1. The Bertz CT molecular complexity index is 781. The molecule has 0 saturated heterocycles. The second-order valence-electron chi connectivity index (χ2n) is 4.87. The van der Waals surface area contributed by atoms with Crippen LogP contribution in [0, 0.1) is 0 Å². The summed E-state index contributed by atoms with van der Waals surface area (Å²) in [6.45, 7) is 0. The second kappa shape index (κ2) is 5.63. The number of nitrogens with two attached hydrogens (primary N) is 1. The van der Waals surface area contributed by atoms with Gasteiger partial charge < -0.3 is 11.1 Å². The van der Waals surface area contributed by atoms with E-state index in [1.54, 1.807) is 18.3 Å². The molecule has 4 nitrogen and oxygen atoms in total. The van der Waals surface area contributed by atoms with Gasteiger partial charge in [0.2, 0.25) is 5.91 Å². The highest BCUT2D eigenvalue weighted by atomic mass is 16.1. The fourth-order valence-electron chi connectivity index (χ4n) is 2.18. The Morgan fingerprint density at radius 1 is 1.05 bits per heavy atom. The molecule has 2 aromatic carbocycles. The molecule has 21 heavy (non-hydrogen) atoms. The molecule has 1 aromatic heterocycles. The van der Waals surface area contributed by atoms with E-state index in [1.165, 1.54) is 0 Å². The summed E-state index contributed by atoms with van der Waals surface area (Å²) < 4.78 is 0. The van der Waals surface area contributed by atoms with Crippen LogP contribution in [0.5, 0.6) is 0 Å². The molecule has 0 spiro atoms. The number of carbonyl (C=O) groups is 1. The summed E-state index contributed by atoms with van der Waals surface area (Å²) in [7, 11) is 0. The molecular formula is C17H15N3O. The minimum atomic E-state index is -0.0949. The minimum absolute atomic E-state index is 0.0949. The van der Waals surface area contributed by atoms with Crippen molar-refractivity contribution in [1.82, 2.24) is 4.98 Å². The lowest BCUT2D eigenvalue weighted by Crippen LogP contribution is -2.15. The minimum Gasteiger partial charge on any atom is -0.397 e. The third-order valence-electron chi connectivity index (χ3n) is 3.22. The van der Waals surface area contributed by atoms with Crippen LogP contribution in [0.3, 0.4) is 0 Å². The molecule has 0 aliphatic rings. The number of carbonyl (C=O) groups excluding carboxylic acids is 1. The smallest absolute Gasteiger partial charge is 0.230 e. The lowest BCUT2D eigenvalue weighted by atomic mass is 10.1. The first-order valence-corrected chi connectivity index (χ1v) is 6.70. The number of hydrogen-bond donors (Lipinski definition) is 2. The maximum atomic E-state index is 12.0. The quantitative estimate of drug-likeness (QED) is 0.773. The van der Waals surface area contributed by atoms with Gasteiger partial charge in [-0.05, 0) is 35.0 Å². The van der Waals surface area contributed by atoms with E-state index in [0.717, 1.165) is 16.5 Å². The number of pyridine rings is 1. The molecule has 3 rings (SSSR count). The number of nitrogens with one attached hydrogen (secondary N) is 1. The molecule has 0 atom stereocenters. The number of amides is 1. The van der Waals surface area contributed by atoms with Gasteiger partial charge >= 0.3 is 0 Å². The van der Waals surface area contributed by atoms with Crippen LogP contribution in [0.4, 0.5) is 11.4 Å². The molecule has 0 saturated carbocycles. The molecule has 3 aromatic rings. The molecule has 4 heteroatoms. The van der Waals surface area contributed by atoms with Gasteiger partial charge in [0.05, 0.1) is 18.3 Å². The topological polar surface area (TPSA) is 68.0 Å². The van der Waals surface area contributed by atoms with Crippen molar-refractivity contribution in [2.24, 2.45) is 0 Å². The van der Waals surface area contributed by atoms with Crippen molar-refractivity contribution in [3.63, 3.8) is 0 Å². The number of nitrogens with zero attached hydrogens (tertiary/aromatic N) is 1. The van der Waals surface area contributed by atoms with Crippen molar-refractivity contribution in [3.05, 3.63) is 66.5 Å². The van der Waals surface area contributed by atoms with Gasteiger partial charge in [-0.25, -0.2) is 0 Å².